The fourth-order valence-corrected chi connectivity index (χ4v) is 0.142. The lowest BCUT2D eigenvalue weighted by Gasteiger charge is -1.76. The Kier molecular flexibility index (Phi) is 2.13. The average Bonchev–Trinajstić information content (AvgIpc) is 1.35. The van der Waals surface area contributed by atoms with Crippen molar-refractivity contribution < 1.29 is 4.79 Å². The van der Waals surface area contributed by atoms with Crippen LogP contribution in [0.5, 0.6) is 0 Å². The Hall–Kier alpha value is -0.790. The third kappa shape index (κ3) is 3.21. The molecule has 0 heterocycles. The zero-order valence-corrected chi connectivity index (χ0v) is 3.48. The molecule has 0 aliphatic heterocycles. The van der Waals surface area contributed by atoms with Crippen molar-refractivity contribution in [2.45, 2.75) is 6.42 Å². The fourth-order valence-electron chi connectivity index (χ4n) is 0.142. The minimum Gasteiger partial charge on any atom is -0.369 e. The Morgan fingerprint density at radius 2 is 2.50 bits per heavy atom. The van der Waals surface area contributed by atoms with Crippen LogP contribution >= 0.6 is 0 Å². The predicted octanol–water partition coefficient (Wildman–Crippen LogP) is 0.0478. The number of amides is 1. The Labute approximate surface area is 36.6 Å². The zero-order chi connectivity index (χ0) is 4.99. The largest absolute Gasteiger partial charge is 0.369 e. The van der Waals surface area contributed by atoms with Gasteiger partial charge in [-0.15, -0.1) is 6.58 Å². The van der Waals surface area contributed by atoms with Crippen LogP contribution in [0.3, 0.4) is 0 Å². The van der Waals surface area contributed by atoms with E-state index in [1.807, 2.05) is 0 Å². The Balaban J connectivity index is 3.05. The van der Waals surface area contributed by atoms with Crippen molar-refractivity contribution in [2.75, 3.05) is 0 Å². The smallest absolute Gasteiger partial charge is 0.221 e. The maximum absolute atomic E-state index is 9.75. The van der Waals surface area contributed by atoms with Crippen LogP contribution in [0.2, 0.25) is 0 Å². The van der Waals surface area contributed by atoms with Crippen LogP contribution in [0, 0.1) is 0 Å². The van der Waals surface area contributed by atoms with Gasteiger partial charge in [0.15, 0.2) is 0 Å². The molecule has 0 fully saturated rings. The van der Waals surface area contributed by atoms with Gasteiger partial charge in [0, 0.05) is 6.42 Å². The Morgan fingerprint density at radius 3 is 2.50 bits per heavy atom. The van der Waals surface area contributed by atoms with E-state index in [9.17, 15) is 4.79 Å². The third-order valence-electron chi connectivity index (χ3n) is 0.346. The lowest BCUT2D eigenvalue weighted by Crippen LogP contribution is -2.07. The maximum Gasteiger partial charge on any atom is 0.221 e. The van der Waals surface area contributed by atoms with Gasteiger partial charge in [0.05, 0.1) is 0 Å². The van der Waals surface area contributed by atoms with Crippen molar-refractivity contribution in [3.63, 3.8) is 0 Å². The highest BCUT2D eigenvalue weighted by Gasteiger charge is 1.80. The standard InChI is InChI=1S/C4H7NO/c1-2-3-4(5)6/h2H,1,3H2,(H2,5,6)/i4+2. The van der Waals surface area contributed by atoms with Crippen LogP contribution in [-0.4, -0.2) is 5.91 Å². The molecule has 0 aliphatic rings. The first-order chi connectivity index (χ1) is 2.77. The summed E-state index contributed by atoms with van der Waals surface area (Å²) in [6, 6.07) is 0. The predicted molar refractivity (Wildman–Crippen MR) is 24.0 cm³/mol. The zero-order valence-electron chi connectivity index (χ0n) is 3.48. The molecule has 0 saturated heterocycles. The minimum absolute atomic E-state index is 0.278. The van der Waals surface area contributed by atoms with Gasteiger partial charge in [0.2, 0.25) is 5.91 Å². The summed E-state index contributed by atoms with van der Waals surface area (Å²) in [5.41, 5.74) is 4.69. The summed E-state index contributed by atoms with van der Waals surface area (Å²) in [5.74, 6) is -0.329. The number of nitrogens with two attached hydrogens (primary N) is 1. The van der Waals surface area contributed by atoms with Crippen LogP contribution in [0.4, 0.5) is 0 Å². The molecule has 0 radical (unpaired) electrons. The molecule has 0 aliphatic carbocycles. The van der Waals surface area contributed by atoms with E-state index >= 15 is 0 Å². The van der Waals surface area contributed by atoms with E-state index in [0.29, 0.717) is 0 Å². The quantitative estimate of drug-likeness (QED) is 0.475. The number of carbonyl (C=O) groups is 1. The van der Waals surface area contributed by atoms with Crippen molar-refractivity contribution >= 4 is 5.91 Å². The van der Waals surface area contributed by atoms with Gasteiger partial charge < -0.3 is 5.73 Å². The van der Waals surface area contributed by atoms with Gasteiger partial charge >= 0.3 is 0 Å². The molecule has 0 bridgehead atoms. The van der Waals surface area contributed by atoms with Gasteiger partial charge in [-0.2, -0.15) is 0 Å². The molecule has 2 heteroatoms. The van der Waals surface area contributed by atoms with E-state index in [2.05, 4.69) is 6.58 Å². The van der Waals surface area contributed by atoms with E-state index < -0.39 is 0 Å². The second kappa shape index (κ2) is 2.45. The molecule has 0 spiro atoms. The molecule has 0 atom stereocenters. The molecule has 0 rings (SSSR count). The minimum atomic E-state index is -0.329. The first-order valence-electron chi connectivity index (χ1n) is 1.66. The summed E-state index contributed by atoms with van der Waals surface area (Å²) in [5, 5.41) is 0. The number of hydrogen-bond donors (Lipinski definition) is 1. The molecule has 0 aromatic rings. The molecule has 0 unspecified atom stereocenters. The average molecular weight is 87.1 g/mol. The van der Waals surface area contributed by atoms with Gasteiger partial charge in [0.25, 0.3) is 0 Å². The molecule has 6 heavy (non-hydrogen) atoms. The van der Waals surface area contributed by atoms with Gasteiger partial charge in [0.1, 0.15) is 0 Å². The molecule has 0 aromatic carbocycles. The van der Waals surface area contributed by atoms with Crippen LogP contribution in [0.15, 0.2) is 12.7 Å². The van der Waals surface area contributed by atoms with Crippen molar-refractivity contribution in [3.05, 3.63) is 12.7 Å². The fraction of sp³-hybridized carbons (Fsp3) is 0.250. The number of hydrogen-bond acceptors (Lipinski definition) is 1. The van der Waals surface area contributed by atoms with Gasteiger partial charge in [-0.1, -0.05) is 6.08 Å². The molecule has 0 saturated carbocycles. The summed E-state index contributed by atoms with van der Waals surface area (Å²) >= 11 is 0. The van der Waals surface area contributed by atoms with Crippen molar-refractivity contribution in [1.29, 1.82) is 0 Å². The molecule has 2 N–H and O–H groups in total. The molecule has 1 amide bonds. The first kappa shape index (κ1) is 5.21. The summed E-state index contributed by atoms with van der Waals surface area (Å²) in [4.78, 5) is 9.75. The van der Waals surface area contributed by atoms with Crippen LogP contribution in [-0.2, 0) is 4.79 Å². The number of carbonyl (C=O) groups excluding carboxylic acids is 1. The second-order valence-corrected chi connectivity index (χ2v) is 0.959. The van der Waals surface area contributed by atoms with E-state index in [1.165, 1.54) is 6.08 Å². The van der Waals surface area contributed by atoms with Crippen LogP contribution < -0.4 is 5.73 Å². The topological polar surface area (TPSA) is 43.1 Å². The van der Waals surface area contributed by atoms with E-state index in [0.717, 1.165) is 0 Å². The third-order valence-corrected chi connectivity index (χ3v) is 0.346. The highest BCUT2D eigenvalue weighted by molar-refractivity contribution is 5.75. The normalized spacial score (nSPS) is 7.33. The van der Waals surface area contributed by atoms with Crippen molar-refractivity contribution in [1.82, 2.24) is 0 Å². The van der Waals surface area contributed by atoms with Gasteiger partial charge in [-0.3, -0.25) is 4.79 Å². The van der Waals surface area contributed by atoms with Crippen LogP contribution in [0.1, 0.15) is 6.42 Å². The van der Waals surface area contributed by atoms with E-state index in [-0.39, 0.29) is 12.3 Å². The summed E-state index contributed by atoms with van der Waals surface area (Å²) < 4.78 is 0. The highest BCUT2D eigenvalue weighted by atomic mass is 16.3. The summed E-state index contributed by atoms with van der Waals surface area (Å²) in [6.45, 7) is 3.30. The Morgan fingerprint density at radius 1 is 2.00 bits per heavy atom. The van der Waals surface area contributed by atoms with Crippen molar-refractivity contribution in [3.8, 4) is 0 Å². The monoisotopic (exact) mass is 87.1 g/mol. The Bertz CT molecular complexity index is 67.9. The lowest BCUT2D eigenvalue weighted by molar-refractivity contribution is -0.117. The van der Waals surface area contributed by atoms with Crippen LogP contribution in [0.25, 0.3) is 0 Å². The number of primary amides is 1. The first-order valence-corrected chi connectivity index (χ1v) is 1.66. The molecule has 0 aromatic heterocycles. The number of rotatable bonds is 2. The highest BCUT2D eigenvalue weighted by Crippen LogP contribution is 1.71. The van der Waals surface area contributed by atoms with Gasteiger partial charge in [-0.05, 0) is 0 Å². The van der Waals surface area contributed by atoms with E-state index in [1.54, 1.807) is 0 Å². The second-order valence-electron chi connectivity index (χ2n) is 0.959. The van der Waals surface area contributed by atoms with Crippen molar-refractivity contribution in [2.24, 2.45) is 5.73 Å². The molecule has 34 valence electrons. The molecular weight excluding hydrogens is 80.0 g/mol. The van der Waals surface area contributed by atoms with Gasteiger partial charge in [-0.25, -0.2) is 0 Å². The molecule has 2 nitrogen and oxygen atoms in total. The molecular formula is C4H7NO. The summed E-state index contributed by atoms with van der Waals surface area (Å²) in [7, 11) is 0. The van der Waals surface area contributed by atoms with E-state index in [4.69, 9.17) is 5.73 Å². The maximum atomic E-state index is 9.75. The summed E-state index contributed by atoms with van der Waals surface area (Å²) in [6.07, 6.45) is 1.75. The SMILES string of the molecule is C=CC[14C](N)=O. The lowest BCUT2D eigenvalue weighted by atomic mass is 10.7.